The van der Waals surface area contributed by atoms with Crippen molar-refractivity contribution in [1.29, 1.82) is 0 Å². The average molecular weight is 295 g/mol. The summed E-state index contributed by atoms with van der Waals surface area (Å²) in [5, 5.41) is 3.43. The third-order valence-corrected chi connectivity index (χ3v) is 4.57. The van der Waals surface area contributed by atoms with Gasteiger partial charge in [0.25, 0.3) is 0 Å². The van der Waals surface area contributed by atoms with Crippen molar-refractivity contribution < 1.29 is 9.53 Å². The van der Waals surface area contributed by atoms with Gasteiger partial charge in [0.2, 0.25) is 0 Å². The van der Waals surface area contributed by atoms with E-state index in [2.05, 4.69) is 24.1 Å². The predicted molar refractivity (Wildman–Crippen MR) is 79.2 cm³/mol. The number of anilines is 1. The van der Waals surface area contributed by atoms with Crippen LogP contribution in [-0.2, 0) is 10.3 Å². The molecule has 108 valence electrons. The van der Waals surface area contributed by atoms with E-state index in [1.54, 1.807) is 6.07 Å². The molecule has 1 N–H and O–H groups in total. The number of carbonyl (C=O) groups is 1. The van der Waals surface area contributed by atoms with E-state index in [0.717, 1.165) is 37.2 Å². The molecule has 0 bridgehead atoms. The minimum Gasteiger partial charge on any atom is -0.438 e. The Labute approximate surface area is 124 Å². The van der Waals surface area contributed by atoms with E-state index in [9.17, 15) is 4.79 Å². The number of piperidine rings is 1. The molecule has 2 heterocycles. The van der Waals surface area contributed by atoms with Crippen LogP contribution in [0.2, 0.25) is 5.02 Å². The molecule has 1 aromatic rings. The number of amides is 1. The minimum atomic E-state index is -0.520. The summed E-state index contributed by atoms with van der Waals surface area (Å²) in [5.74, 6) is 0. The molecule has 1 aromatic carbocycles. The molecule has 0 saturated carbocycles. The van der Waals surface area contributed by atoms with E-state index in [1.165, 1.54) is 0 Å². The van der Waals surface area contributed by atoms with Crippen LogP contribution in [0.15, 0.2) is 18.2 Å². The van der Waals surface area contributed by atoms with Gasteiger partial charge in [0.15, 0.2) is 0 Å². The Bertz CT molecular complexity index is 537. The molecule has 1 spiro atoms. The second-order valence-corrected chi connectivity index (χ2v) is 6.26. The molecule has 0 aliphatic carbocycles. The maximum Gasteiger partial charge on any atom is 0.412 e. The van der Waals surface area contributed by atoms with Crippen molar-refractivity contribution in [3.05, 3.63) is 28.8 Å². The van der Waals surface area contributed by atoms with Crippen molar-refractivity contribution >= 4 is 23.4 Å². The molecule has 0 radical (unpaired) electrons. The Balaban J connectivity index is 1.95. The van der Waals surface area contributed by atoms with Crippen LogP contribution in [0.25, 0.3) is 0 Å². The van der Waals surface area contributed by atoms with Crippen molar-refractivity contribution in [2.75, 3.05) is 18.4 Å². The van der Waals surface area contributed by atoms with Gasteiger partial charge in [0, 0.05) is 42.6 Å². The lowest BCUT2D eigenvalue weighted by molar-refractivity contribution is -0.0430. The molecule has 4 nitrogen and oxygen atoms in total. The van der Waals surface area contributed by atoms with Crippen LogP contribution in [0, 0.1) is 0 Å². The van der Waals surface area contributed by atoms with Gasteiger partial charge in [-0.25, -0.2) is 4.79 Å². The van der Waals surface area contributed by atoms with Crippen molar-refractivity contribution in [3.8, 4) is 0 Å². The molecular weight excluding hydrogens is 276 g/mol. The van der Waals surface area contributed by atoms with Gasteiger partial charge in [-0.3, -0.25) is 5.32 Å². The summed E-state index contributed by atoms with van der Waals surface area (Å²) in [6.45, 7) is 6.24. The van der Waals surface area contributed by atoms with E-state index in [0.29, 0.717) is 11.1 Å². The second-order valence-electron chi connectivity index (χ2n) is 5.83. The number of halogens is 1. The molecular formula is C15H19ClN2O2. The minimum absolute atomic E-state index is 0.363. The van der Waals surface area contributed by atoms with Crippen molar-refractivity contribution in [2.45, 2.75) is 38.3 Å². The second kappa shape index (κ2) is 4.93. The lowest BCUT2D eigenvalue weighted by Gasteiger charge is -2.45. The van der Waals surface area contributed by atoms with E-state index in [4.69, 9.17) is 16.3 Å². The first-order chi connectivity index (χ1) is 9.50. The average Bonchev–Trinajstić information content (AvgIpc) is 2.40. The molecule has 3 rings (SSSR count). The molecule has 0 atom stereocenters. The third kappa shape index (κ3) is 2.27. The summed E-state index contributed by atoms with van der Waals surface area (Å²) in [6, 6.07) is 6.09. The SMILES string of the molecule is CC(C)N1CCC2(CC1)OC(=O)Nc1ccc(Cl)cc12. The molecule has 1 amide bonds. The van der Waals surface area contributed by atoms with E-state index >= 15 is 0 Å². The van der Waals surface area contributed by atoms with E-state index < -0.39 is 5.60 Å². The molecule has 2 aliphatic heterocycles. The van der Waals surface area contributed by atoms with Crippen LogP contribution in [-0.4, -0.2) is 30.1 Å². The normalized spacial score (nSPS) is 21.5. The van der Waals surface area contributed by atoms with Gasteiger partial charge < -0.3 is 9.64 Å². The van der Waals surface area contributed by atoms with Gasteiger partial charge in [-0.05, 0) is 32.0 Å². The third-order valence-electron chi connectivity index (χ3n) is 4.33. The Morgan fingerprint density at radius 3 is 2.70 bits per heavy atom. The first kappa shape index (κ1) is 13.7. The summed E-state index contributed by atoms with van der Waals surface area (Å²) in [7, 11) is 0. The molecule has 1 saturated heterocycles. The van der Waals surface area contributed by atoms with Crippen LogP contribution < -0.4 is 5.32 Å². The van der Waals surface area contributed by atoms with Crippen LogP contribution >= 0.6 is 11.6 Å². The fourth-order valence-electron chi connectivity index (χ4n) is 3.14. The van der Waals surface area contributed by atoms with E-state index in [-0.39, 0.29) is 6.09 Å². The van der Waals surface area contributed by atoms with Gasteiger partial charge in [-0.1, -0.05) is 11.6 Å². The zero-order chi connectivity index (χ0) is 14.3. The van der Waals surface area contributed by atoms with Gasteiger partial charge in [0.1, 0.15) is 5.60 Å². The summed E-state index contributed by atoms with van der Waals surface area (Å²) >= 11 is 6.12. The highest BCUT2D eigenvalue weighted by Crippen LogP contribution is 2.44. The van der Waals surface area contributed by atoms with Crippen molar-refractivity contribution in [2.24, 2.45) is 0 Å². The fraction of sp³-hybridized carbons (Fsp3) is 0.533. The predicted octanol–water partition coefficient (Wildman–Crippen LogP) is 3.60. The number of hydrogen-bond acceptors (Lipinski definition) is 3. The molecule has 5 heteroatoms. The monoisotopic (exact) mass is 294 g/mol. The first-order valence-corrected chi connectivity index (χ1v) is 7.42. The van der Waals surface area contributed by atoms with Crippen LogP contribution in [0.1, 0.15) is 32.3 Å². The topological polar surface area (TPSA) is 41.6 Å². The summed E-state index contributed by atoms with van der Waals surface area (Å²) < 4.78 is 5.69. The number of fused-ring (bicyclic) bond motifs is 2. The number of rotatable bonds is 1. The number of hydrogen-bond donors (Lipinski definition) is 1. The molecule has 1 fully saturated rings. The Morgan fingerprint density at radius 1 is 1.35 bits per heavy atom. The van der Waals surface area contributed by atoms with E-state index in [1.807, 2.05) is 12.1 Å². The molecule has 20 heavy (non-hydrogen) atoms. The highest BCUT2D eigenvalue weighted by atomic mass is 35.5. The number of likely N-dealkylation sites (tertiary alicyclic amines) is 1. The van der Waals surface area contributed by atoms with Gasteiger partial charge in [-0.15, -0.1) is 0 Å². The lowest BCUT2D eigenvalue weighted by Crippen LogP contribution is -2.49. The van der Waals surface area contributed by atoms with Crippen molar-refractivity contribution in [3.63, 3.8) is 0 Å². The number of nitrogens with one attached hydrogen (secondary N) is 1. The summed E-state index contributed by atoms with van der Waals surface area (Å²) in [5.41, 5.74) is 1.31. The first-order valence-electron chi connectivity index (χ1n) is 7.04. The lowest BCUT2D eigenvalue weighted by atomic mass is 9.82. The molecule has 0 unspecified atom stereocenters. The quantitative estimate of drug-likeness (QED) is 0.860. The fourth-order valence-corrected chi connectivity index (χ4v) is 3.32. The maximum atomic E-state index is 11.8. The largest absolute Gasteiger partial charge is 0.438 e. The Morgan fingerprint density at radius 2 is 2.05 bits per heavy atom. The maximum absolute atomic E-state index is 11.8. The zero-order valence-corrected chi connectivity index (χ0v) is 12.5. The van der Waals surface area contributed by atoms with Crippen molar-refractivity contribution in [1.82, 2.24) is 4.90 Å². The Kier molecular flexibility index (Phi) is 3.38. The Hall–Kier alpha value is -1.26. The number of carbonyl (C=O) groups excluding carboxylic acids is 1. The number of ether oxygens (including phenoxy) is 1. The smallest absolute Gasteiger partial charge is 0.412 e. The molecule has 0 aromatic heterocycles. The van der Waals surface area contributed by atoms with Crippen LogP contribution in [0.5, 0.6) is 0 Å². The van der Waals surface area contributed by atoms with Crippen LogP contribution in [0.3, 0.4) is 0 Å². The highest BCUT2D eigenvalue weighted by Gasteiger charge is 2.44. The summed E-state index contributed by atoms with van der Waals surface area (Å²) in [6.07, 6.45) is 1.26. The number of nitrogens with zero attached hydrogens (tertiary/aromatic N) is 1. The zero-order valence-electron chi connectivity index (χ0n) is 11.8. The van der Waals surface area contributed by atoms with Gasteiger partial charge in [-0.2, -0.15) is 0 Å². The van der Waals surface area contributed by atoms with Crippen LogP contribution in [0.4, 0.5) is 10.5 Å². The summed E-state index contributed by atoms with van der Waals surface area (Å²) in [4.78, 5) is 14.2. The highest BCUT2D eigenvalue weighted by molar-refractivity contribution is 6.30. The van der Waals surface area contributed by atoms with Gasteiger partial charge in [0.05, 0.1) is 5.69 Å². The standard InChI is InChI=1S/C15H19ClN2O2/c1-10(2)18-7-5-15(6-8-18)12-9-11(16)3-4-13(12)17-14(19)20-15/h3-4,9-10H,5-8H2,1-2H3,(H,17,19). The number of benzene rings is 1. The molecule has 2 aliphatic rings. The van der Waals surface area contributed by atoms with Gasteiger partial charge >= 0.3 is 6.09 Å².